The van der Waals surface area contributed by atoms with Gasteiger partial charge in [-0.3, -0.25) is 0 Å². The lowest BCUT2D eigenvalue weighted by molar-refractivity contribution is -0.127. The fraction of sp³-hybridized carbons (Fsp3) is 0.444. The zero-order valence-corrected chi connectivity index (χ0v) is 9.30. The lowest BCUT2D eigenvalue weighted by atomic mass is 10.1. The number of aldehydes is 1. The second-order valence-electron chi connectivity index (χ2n) is 3.19. The van der Waals surface area contributed by atoms with Crippen molar-refractivity contribution >= 4 is 12.1 Å². The SMILES string of the molecule is Nc1cc[nH]c(=O)n1.O=CC(O)C(O)C(O)CO. The van der Waals surface area contributed by atoms with Gasteiger partial charge in [-0.15, -0.1) is 0 Å². The van der Waals surface area contributed by atoms with Gasteiger partial charge < -0.3 is 35.9 Å². The molecule has 1 aromatic rings. The van der Waals surface area contributed by atoms with Gasteiger partial charge in [0.05, 0.1) is 6.61 Å². The second kappa shape index (κ2) is 8.31. The van der Waals surface area contributed by atoms with Gasteiger partial charge in [0, 0.05) is 6.20 Å². The first kappa shape index (κ1) is 16.2. The Hall–Kier alpha value is -1.81. The van der Waals surface area contributed by atoms with Crippen LogP contribution in [0.3, 0.4) is 0 Å². The molecule has 0 aliphatic rings. The summed E-state index contributed by atoms with van der Waals surface area (Å²) in [5.74, 6) is 0.244. The zero-order chi connectivity index (χ0) is 14.1. The predicted molar refractivity (Wildman–Crippen MR) is 60.4 cm³/mol. The third-order valence-electron chi connectivity index (χ3n) is 1.76. The van der Waals surface area contributed by atoms with E-state index in [1.807, 2.05) is 0 Å². The number of H-pyrrole nitrogens is 1. The highest BCUT2D eigenvalue weighted by Gasteiger charge is 2.22. The van der Waals surface area contributed by atoms with Crippen molar-refractivity contribution < 1.29 is 25.2 Å². The molecule has 0 aliphatic heterocycles. The molecule has 18 heavy (non-hydrogen) atoms. The van der Waals surface area contributed by atoms with Crippen LogP contribution >= 0.6 is 0 Å². The molecule has 0 spiro atoms. The summed E-state index contributed by atoms with van der Waals surface area (Å²) in [5.41, 5.74) is 4.72. The maximum atomic E-state index is 10.2. The van der Waals surface area contributed by atoms with Crippen LogP contribution in [0.1, 0.15) is 0 Å². The predicted octanol–water partition coefficient (Wildman–Crippen LogP) is -3.39. The number of aliphatic hydroxyl groups is 4. The minimum Gasteiger partial charge on any atom is -0.394 e. The van der Waals surface area contributed by atoms with E-state index in [0.717, 1.165) is 0 Å². The highest BCUT2D eigenvalue weighted by molar-refractivity contribution is 5.56. The summed E-state index contributed by atoms with van der Waals surface area (Å²) in [6.07, 6.45) is -3.18. The number of rotatable bonds is 4. The lowest BCUT2D eigenvalue weighted by Gasteiger charge is -2.16. The quantitative estimate of drug-likeness (QED) is 0.305. The van der Waals surface area contributed by atoms with E-state index in [1.54, 1.807) is 0 Å². The van der Waals surface area contributed by atoms with Gasteiger partial charge in [0.1, 0.15) is 24.1 Å². The fourth-order valence-electron chi connectivity index (χ4n) is 0.801. The van der Waals surface area contributed by atoms with Gasteiger partial charge in [0.2, 0.25) is 0 Å². The highest BCUT2D eigenvalue weighted by Crippen LogP contribution is 1.96. The van der Waals surface area contributed by atoms with Gasteiger partial charge >= 0.3 is 5.69 Å². The first-order valence-electron chi connectivity index (χ1n) is 4.84. The molecule has 9 heteroatoms. The van der Waals surface area contributed by atoms with E-state index in [2.05, 4.69) is 9.97 Å². The molecule has 3 unspecified atom stereocenters. The Morgan fingerprint density at radius 1 is 1.44 bits per heavy atom. The molecule has 0 aliphatic carbocycles. The number of aromatic nitrogens is 2. The molecular formula is C9H15N3O6. The zero-order valence-electron chi connectivity index (χ0n) is 9.30. The Morgan fingerprint density at radius 3 is 2.39 bits per heavy atom. The van der Waals surface area contributed by atoms with Crippen LogP contribution in [0.25, 0.3) is 0 Å². The standard InChI is InChI=1S/C5H10O5.C4H5N3O/c6-1-3(8)5(10)4(9)2-7;5-3-1-2-6-4(8)7-3/h1,3-5,7-10H,2H2;1-2H,(H3,5,6,7,8). The molecule has 0 bridgehead atoms. The maximum absolute atomic E-state index is 10.2. The third kappa shape index (κ3) is 6.06. The number of nitrogens with one attached hydrogen (secondary N) is 1. The summed E-state index contributed by atoms with van der Waals surface area (Å²) in [6, 6.07) is 1.52. The van der Waals surface area contributed by atoms with E-state index in [-0.39, 0.29) is 12.1 Å². The van der Waals surface area contributed by atoms with Crippen molar-refractivity contribution in [2.24, 2.45) is 0 Å². The molecule has 0 fully saturated rings. The molecule has 0 saturated carbocycles. The number of carbonyl (C=O) groups is 1. The van der Waals surface area contributed by atoms with Crippen molar-refractivity contribution in [2.45, 2.75) is 18.3 Å². The van der Waals surface area contributed by atoms with E-state index >= 15 is 0 Å². The molecule has 1 heterocycles. The molecule has 7 N–H and O–H groups in total. The number of nitrogens with two attached hydrogens (primary N) is 1. The van der Waals surface area contributed by atoms with E-state index in [9.17, 15) is 9.59 Å². The molecule has 102 valence electrons. The van der Waals surface area contributed by atoms with Gasteiger partial charge in [0.25, 0.3) is 0 Å². The number of hydrogen-bond acceptors (Lipinski definition) is 8. The Bertz CT molecular complexity index is 409. The largest absolute Gasteiger partial charge is 0.394 e. The number of aliphatic hydroxyl groups excluding tert-OH is 4. The molecule has 0 aromatic carbocycles. The third-order valence-corrected chi connectivity index (χ3v) is 1.76. The average Bonchev–Trinajstić information content (AvgIpc) is 2.36. The molecule has 0 radical (unpaired) electrons. The van der Waals surface area contributed by atoms with Crippen molar-refractivity contribution in [1.29, 1.82) is 0 Å². The van der Waals surface area contributed by atoms with E-state index < -0.39 is 30.6 Å². The summed E-state index contributed by atoms with van der Waals surface area (Å²) in [6.45, 7) is -0.688. The Balaban J connectivity index is 0.000000327. The Kier molecular flexibility index (Phi) is 7.47. The van der Waals surface area contributed by atoms with E-state index in [4.69, 9.17) is 26.2 Å². The summed E-state index contributed by atoms with van der Waals surface area (Å²) < 4.78 is 0. The highest BCUT2D eigenvalue weighted by atomic mass is 16.4. The summed E-state index contributed by atoms with van der Waals surface area (Å²) in [7, 11) is 0. The molecule has 1 aromatic heterocycles. The van der Waals surface area contributed by atoms with Crippen LogP contribution in [0.2, 0.25) is 0 Å². The molecule has 0 amide bonds. The Morgan fingerprint density at radius 2 is 2.06 bits per heavy atom. The fourth-order valence-corrected chi connectivity index (χ4v) is 0.801. The number of nitrogen functional groups attached to an aromatic ring is 1. The summed E-state index contributed by atoms with van der Waals surface area (Å²) in [4.78, 5) is 25.7. The van der Waals surface area contributed by atoms with Gasteiger partial charge in [-0.2, -0.15) is 4.98 Å². The topological polar surface area (TPSA) is 170 Å². The molecular weight excluding hydrogens is 246 g/mol. The van der Waals surface area contributed by atoms with Gasteiger partial charge in [0.15, 0.2) is 6.29 Å². The van der Waals surface area contributed by atoms with Gasteiger partial charge in [-0.05, 0) is 6.07 Å². The van der Waals surface area contributed by atoms with Gasteiger partial charge in [-0.25, -0.2) is 4.79 Å². The number of anilines is 1. The van der Waals surface area contributed by atoms with Crippen molar-refractivity contribution in [1.82, 2.24) is 9.97 Å². The van der Waals surface area contributed by atoms with E-state index in [0.29, 0.717) is 0 Å². The first-order valence-corrected chi connectivity index (χ1v) is 4.84. The van der Waals surface area contributed by atoms with E-state index in [1.165, 1.54) is 12.3 Å². The molecule has 0 saturated heterocycles. The summed E-state index contributed by atoms with van der Waals surface area (Å²) in [5, 5.41) is 34.1. The van der Waals surface area contributed by atoms with Crippen LogP contribution in [-0.4, -0.2) is 61.6 Å². The number of nitrogens with zero attached hydrogens (tertiary/aromatic N) is 1. The van der Waals surface area contributed by atoms with Crippen molar-refractivity contribution in [2.75, 3.05) is 12.3 Å². The number of carbonyl (C=O) groups excluding carboxylic acids is 1. The molecule has 1 rings (SSSR count). The Labute approximate surface area is 102 Å². The van der Waals surface area contributed by atoms with Crippen LogP contribution in [-0.2, 0) is 4.79 Å². The van der Waals surface area contributed by atoms with Crippen molar-refractivity contribution in [3.63, 3.8) is 0 Å². The summed E-state index contributed by atoms with van der Waals surface area (Å²) >= 11 is 0. The first-order chi connectivity index (χ1) is 8.42. The molecule has 3 atom stereocenters. The van der Waals surface area contributed by atoms with Crippen molar-refractivity contribution in [3.8, 4) is 0 Å². The van der Waals surface area contributed by atoms with Crippen LogP contribution < -0.4 is 11.4 Å². The van der Waals surface area contributed by atoms with Gasteiger partial charge in [-0.1, -0.05) is 0 Å². The maximum Gasteiger partial charge on any atom is 0.346 e. The smallest absolute Gasteiger partial charge is 0.346 e. The minimum atomic E-state index is -1.64. The van der Waals surface area contributed by atoms with Crippen LogP contribution in [0.15, 0.2) is 17.1 Å². The normalized spacial score (nSPS) is 14.9. The monoisotopic (exact) mass is 261 g/mol. The number of hydrogen-bond donors (Lipinski definition) is 6. The van der Waals surface area contributed by atoms with Crippen LogP contribution in [0.4, 0.5) is 5.82 Å². The lowest BCUT2D eigenvalue weighted by Crippen LogP contribution is -2.40. The van der Waals surface area contributed by atoms with Crippen LogP contribution in [0, 0.1) is 0 Å². The van der Waals surface area contributed by atoms with Crippen LogP contribution in [0.5, 0.6) is 0 Å². The minimum absolute atomic E-state index is 0.0869. The molecule has 9 nitrogen and oxygen atoms in total. The average molecular weight is 261 g/mol. The number of aromatic amines is 1. The second-order valence-corrected chi connectivity index (χ2v) is 3.19. The van der Waals surface area contributed by atoms with Crippen molar-refractivity contribution in [3.05, 3.63) is 22.7 Å².